The third kappa shape index (κ3) is 5.90. The number of pyridine rings is 2. The first-order valence-electron chi connectivity index (χ1n) is 7.67. The molecule has 0 radical (unpaired) electrons. The average Bonchev–Trinajstić information content (AvgIpc) is 2.65. The lowest BCUT2D eigenvalue weighted by molar-refractivity contribution is 0.355. The fourth-order valence-corrected chi connectivity index (χ4v) is 1.82. The van der Waals surface area contributed by atoms with Gasteiger partial charge in [0.15, 0.2) is 6.61 Å². The highest BCUT2D eigenvalue weighted by Crippen LogP contribution is 2.10. The summed E-state index contributed by atoms with van der Waals surface area (Å²) in [7, 11) is 3.72. The molecule has 5 nitrogen and oxygen atoms in total. The molecule has 2 heterocycles. The Kier molecular flexibility index (Phi) is 6.99. The van der Waals surface area contributed by atoms with E-state index in [1.165, 1.54) is 0 Å². The van der Waals surface area contributed by atoms with Crippen LogP contribution in [0.2, 0.25) is 0 Å². The smallest absolute Gasteiger partial charge is 0.214 e. The topological polar surface area (TPSA) is 59.1 Å². The van der Waals surface area contributed by atoms with Crippen LogP contribution in [0.15, 0.2) is 36.7 Å². The quantitative estimate of drug-likeness (QED) is 0.801. The molecular weight excluding hydrogens is 300 g/mol. The van der Waals surface area contributed by atoms with Crippen LogP contribution in [0.3, 0.4) is 0 Å². The van der Waals surface area contributed by atoms with Crippen molar-refractivity contribution in [3.8, 4) is 29.6 Å². The molecule has 0 aliphatic rings. The van der Waals surface area contributed by atoms with Crippen molar-refractivity contribution >= 4 is 11.4 Å². The van der Waals surface area contributed by atoms with E-state index in [0.717, 1.165) is 29.9 Å². The minimum Gasteiger partial charge on any atom is -0.464 e. The van der Waals surface area contributed by atoms with Crippen LogP contribution in [0.4, 0.5) is 11.4 Å². The molecule has 2 N–H and O–H groups in total. The predicted octanol–water partition coefficient (Wildman–Crippen LogP) is 2.58. The fourth-order valence-electron chi connectivity index (χ4n) is 1.82. The first kappa shape index (κ1) is 17.2. The van der Waals surface area contributed by atoms with E-state index in [4.69, 9.17) is 4.74 Å². The summed E-state index contributed by atoms with van der Waals surface area (Å²) in [6.45, 7) is 0.271. The normalized spacial score (nSPS) is 9.08. The molecular formula is C19H20N4O. The van der Waals surface area contributed by atoms with Crippen molar-refractivity contribution in [2.75, 3.05) is 31.3 Å². The van der Waals surface area contributed by atoms with Crippen molar-refractivity contribution in [3.05, 3.63) is 42.4 Å². The number of rotatable bonds is 6. The molecule has 2 rings (SSSR count). The van der Waals surface area contributed by atoms with Crippen LogP contribution in [0.5, 0.6) is 5.88 Å². The van der Waals surface area contributed by atoms with Gasteiger partial charge in [-0.15, -0.1) is 0 Å². The van der Waals surface area contributed by atoms with Crippen molar-refractivity contribution in [1.29, 1.82) is 0 Å². The number of nitrogens with zero attached hydrogens (tertiary/aromatic N) is 2. The minimum absolute atomic E-state index is 0.271. The second kappa shape index (κ2) is 9.76. The molecule has 0 fully saturated rings. The van der Waals surface area contributed by atoms with Gasteiger partial charge in [-0.1, -0.05) is 5.92 Å². The second-order valence-electron chi connectivity index (χ2n) is 4.82. The summed E-state index contributed by atoms with van der Waals surface area (Å²) in [5, 5.41) is 6.04. The summed E-state index contributed by atoms with van der Waals surface area (Å²) < 4.78 is 5.41. The first-order chi connectivity index (χ1) is 11.8. The molecule has 2 aromatic rings. The van der Waals surface area contributed by atoms with Crippen LogP contribution >= 0.6 is 0 Å². The molecule has 0 bridgehead atoms. The largest absolute Gasteiger partial charge is 0.464 e. The van der Waals surface area contributed by atoms with Gasteiger partial charge in [-0.05, 0) is 36.0 Å². The zero-order valence-electron chi connectivity index (χ0n) is 13.9. The highest BCUT2D eigenvalue weighted by Gasteiger charge is 1.94. The van der Waals surface area contributed by atoms with E-state index in [1.807, 2.05) is 38.5 Å². The van der Waals surface area contributed by atoms with Gasteiger partial charge in [-0.3, -0.25) is 4.98 Å². The van der Waals surface area contributed by atoms with Gasteiger partial charge in [-0.2, -0.15) is 0 Å². The van der Waals surface area contributed by atoms with Gasteiger partial charge in [0.25, 0.3) is 0 Å². The van der Waals surface area contributed by atoms with E-state index >= 15 is 0 Å². The summed E-state index contributed by atoms with van der Waals surface area (Å²) in [5.74, 6) is 12.0. The van der Waals surface area contributed by atoms with Crippen molar-refractivity contribution in [2.24, 2.45) is 0 Å². The Bertz CT molecular complexity index is 679. The highest BCUT2D eigenvalue weighted by atomic mass is 16.5. The molecule has 0 aromatic carbocycles. The molecule has 0 saturated heterocycles. The molecule has 0 unspecified atom stereocenters. The predicted molar refractivity (Wildman–Crippen MR) is 96.9 cm³/mol. The summed E-state index contributed by atoms with van der Waals surface area (Å²) >= 11 is 0. The van der Waals surface area contributed by atoms with E-state index in [9.17, 15) is 0 Å². The Labute approximate surface area is 142 Å². The molecule has 0 spiro atoms. The average molecular weight is 320 g/mol. The SMILES string of the molecule is CNc1ccc(CCC#CC#CCOc2ccc(NC)cn2)nc1. The van der Waals surface area contributed by atoms with Crippen LogP contribution < -0.4 is 15.4 Å². The Morgan fingerprint density at radius 2 is 1.62 bits per heavy atom. The number of aromatic nitrogens is 2. The Morgan fingerprint density at radius 3 is 2.25 bits per heavy atom. The molecule has 5 heteroatoms. The molecule has 0 aliphatic carbocycles. The molecule has 0 aliphatic heterocycles. The van der Waals surface area contributed by atoms with E-state index in [2.05, 4.69) is 44.3 Å². The number of nitrogens with one attached hydrogen (secondary N) is 2. The zero-order chi connectivity index (χ0) is 17.0. The minimum atomic E-state index is 0.271. The van der Waals surface area contributed by atoms with Gasteiger partial charge in [0.1, 0.15) is 0 Å². The molecule has 0 saturated carbocycles. The van der Waals surface area contributed by atoms with Gasteiger partial charge >= 0.3 is 0 Å². The summed E-state index contributed by atoms with van der Waals surface area (Å²) in [6.07, 6.45) is 5.07. The monoisotopic (exact) mass is 320 g/mol. The number of anilines is 2. The lowest BCUT2D eigenvalue weighted by Crippen LogP contribution is -1.96. The summed E-state index contributed by atoms with van der Waals surface area (Å²) in [4.78, 5) is 8.49. The molecule has 0 amide bonds. The molecule has 0 atom stereocenters. The lowest BCUT2D eigenvalue weighted by Gasteiger charge is -2.02. The van der Waals surface area contributed by atoms with E-state index in [-0.39, 0.29) is 6.61 Å². The maximum Gasteiger partial charge on any atom is 0.214 e. The maximum absolute atomic E-state index is 5.41. The standard InChI is InChI=1S/C19H20N4O/c1-20-17-10-9-16(22-14-17)8-6-4-3-5-7-13-24-19-12-11-18(21-2)15-23-19/h9-12,14-15,20-21H,6,8,13H2,1-2H3. The van der Waals surface area contributed by atoms with Gasteiger partial charge < -0.3 is 15.4 Å². The van der Waals surface area contributed by atoms with Gasteiger partial charge in [-0.25, -0.2) is 4.98 Å². The van der Waals surface area contributed by atoms with Crippen molar-refractivity contribution in [3.63, 3.8) is 0 Å². The van der Waals surface area contributed by atoms with Crippen LogP contribution in [0, 0.1) is 23.7 Å². The molecule has 24 heavy (non-hydrogen) atoms. The number of ether oxygens (including phenoxy) is 1. The van der Waals surface area contributed by atoms with Crippen molar-refractivity contribution in [2.45, 2.75) is 12.8 Å². The van der Waals surface area contributed by atoms with Gasteiger partial charge in [0.05, 0.1) is 23.8 Å². The maximum atomic E-state index is 5.41. The summed E-state index contributed by atoms with van der Waals surface area (Å²) in [5.41, 5.74) is 2.97. The Hall–Kier alpha value is -3.18. The van der Waals surface area contributed by atoms with Gasteiger partial charge in [0, 0.05) is 38.7 Å². The van der Waals surface area contributed by atoms with E-state index in [0.29, 0.717) is 5.88 Å². The first-order valence-corrected chi connectivity index (χ1v) is 7.67. The van der Waals surface area contributed by atoms with Crippen LogP contribution in [0.1, 0.15) is 12.1 Å². The molecule has 122 valence electrons. The fraction of sp³-hybridized carbons (Fsp3) is 0.263. The van der Waals surface area contributed by atoms with E-state index in [1.54, 1.807) is 12.3 Å². The number of aryl methyl sites for hydroxylation is 1. The lowest BCUT2D eigenvalue weighted by atomic mass is 10.2. The third-order valence-electron chi connectivity index (χ3n) is 3.18. The van der Waals surface area contributed by atoms with Crippen LogP contribution in [0.25, 0.3) is 0 Å². The van der Waals surface area contributed by atoms with Crippen LogP contribution in [-0.2, 0) is 6.42 Å². The zero-order valence-corrected chi connectivity index (χ0v) is 13.9. The number of hydrogen-bond donors (Lipinski definition) is 2. The van der Waals surface area contributed by atoms with E-state index < -0.39 is 0 Å². The highest BCUT2D eigenvalue weighted by molar-refractivity contribution is 5.41. The molecule has 2 aromatic heterocycles. The third-order valence-corrected chi connectivity index (χ3v) is 3.18. The van der Waals surface area contributed by atoms with Crippen molar-refractivity contribution < 1.29 is 4.74 Å². The number of hydrogen-bond acceptors (Lipinski definition) is 5. The second-order valence-corrected chi connectivity index (χ2v) is 4.82. The van der Waals surface area contributed by atoms with Gasteiger partial charge in [0.2, 0.25) is 5.88 Å². The Balaban J connectivity index is 1.68. The van der Waals surface area contributed by atoms with Crippen LogP contribution in [-0.4, -0.2) is 30.7 Å². The van der Waals surface area contributed by atoms with Crippen molar-refractivity contribution in [1.82, 2.24) is 9.97 Å². The summed E-state index contributed by atoms with van der Waals surface area (Å²) in [6, 6.07) is 7.70. The Morgan fingerprint density at radius 1 is 0.917 bits per heavy atom.